The van der Waals surface area contributed by atoms with Gasteiger partial charge < -0.3 is 14.9 Å². The predicted molar refractivity (Wildman–Crippen MR) is 187 cm³/mol. The van der Waals surface area contributed by atoms with Gasteiger partial charge >= 0.3 is 5.97 Å². The van der Waals surface area contributed by atoms with E-state index in [-0.39, 0.29) is 55.5 Å². The van der Waals surface area contributed by atoms with E-state index in [0.717, 1.165) is 5.57 Å². The summed E-state index contributed by atoms with van der Waals surface area (Å²) < 4.78 is 6.04. The van der Waals surface area contributed by atoms with Crippen LogP contribution in [0.3, 0.4) is 0 Å². The topological polar surface area (TPSA) is 142 Å². The van der Waals surface area contributed by atoms with Crippen molar-refractivity contribution >= 4 is 69.5 Å². The van der Waals surface area contributed by atoms with Gasteiger partial charge in [-0.15, -0.1) is 0 Å². The molecule has 0 bridgehead atoms. The Labute approximate surface area is 300 Å². The molecule has 1 saturated carbocycles. The zero-order valence-corrected chi connectivity index (χ0v) is 29.3. The van der Waals surface area contributed by atoms with Crippen LogP contribution in [0, 0.1) is 27.2 Å². The van der Waals surface area contributed by atoms with E-state index in [2.05, 4.69) is 0 Å². The first-order valence-corrected chi connectivity index (χ1v) is 17.5. The van der Waals surface area contributed by atoms with Crippen LogP contribution in [-0.4, -0.2) is 58.4 Å². The molecule has 0 radical (unpaired) electrons. The van der Waals surface area contributed by atoms with Crippen molar-refractivity contribution < 1.29 is 38.9 Å². The third-order valence-electron chi connectivity index (χ3n) is 10.6. The Bertz CT molecular complexity index is 1950. The first-order valence-electron chi connectivity index (χ1n) is 16.0. The molecule has 6 unspecified atom stereocenters. The van der Waals surface area contributed by atoms with E-state index in [0.29, 0.717) is 25.4 Å². The maximum Gasteiger partial charge on any atom is 0.303 e. The van der Waals surface area contributed by atoms with Crippen molar-refractivity contribution in [2.24, 2.45) is 23.7 Å². The maximum absolute atomic E-state index is 15.3. The summed E-state index contributed by atoms with van der Waals surface area (Å²) in [6.07, 6.45) is 2.28. The number of hydrogen-bond donors (Lipinski definition) is 2. The molecule has 6 atom stereocenters. The van der Waals surface area contributed by atoms with Gasteiger partial charge in [0.15, 0.2) is 11.5 Å². The number of anilines is 1. The molecular formula is C37H32ClIN2O8. The second kappa shape index (κ2) is 12.6. The highest BCUT2D eigenvalue weighted by molar-refractivity contribution is 14.1. The zero-order valence-electron chi connectivity index (χ0n) is 26.3. The lowest BCUT2D eigenvalue weighted by Crippen LogP contribution is -2.53. The minimum absolute atomic E-state index is 0.00680. The van der Waals surface area contributed by atoms with Crippen molar-refractivity contribution in [3.8, 4) is 11.5 Å². The smallest absolute Gasteiger partial charge is 0.303 e. The number of fused-ring (bicyclic) bond motifs is 4. The van der Waals surface area contributed by atoms with Crippen LogP contribution in [-0.2, 0) is 29.4 Å². The number of hydrogen-bond acceptors (Lipinski definition) is 7. The standard InChI is InChI=1S/C37H32ClIN2O8/c1-49-28-16-19(15-27(39)32(28)44)31-23-12-13-24-30(35(47)40(33(24)45)14-6-11-29(42)43)25(23)18-26-34(46)41(22-10-5-9-21(38)17-22)36(48)37(26,31)20-7-3-2-4-8-20/h2-5,7-10,12,15-17,24-26,30-31,44H,6,11,13-14,18H2,1H3,(H,42,43). The predicted octanol–water partition coefficient (Wildman–Crippen LogP) is 5.69. The molecule has 3 aromatic carbocycles. The lowest BCUT2D eigenvalue weighted by Gasteiger charge is -2.50. The van der Waals surface area contributed by atoms with Gasteiger partial charge in [-0.05, 0) is 89.2 Å². The number of carboxylic acid groups (broad SMARTS) is 1. The number of likely N-dealkylation sites (tertiary alicyclic amines) is 1. The Morgan fingerprint density at radius 2 is 1.76 bits per heavy atom. The quantitative estimate of drug-likeness (QED) is 0.169. The van der Waals surface area contributed by atoms with Gasteiger partial charge in [-0.1, -0.05) is 59.6 Å². The molecule has 2 saturated heterocycles. The van der Waals surface area contributed by atoms with E-state index in [9.17, 15) is 24.3 Å². The molecule has 7 rings (SSSR count). The van der Waals surface area contributed by atoms with E-state index in [1.807, 2.05) is 59.0 Å². The van der Waals surface area contributed by atoms with Crippen LogP contribution in [0.25, 0.3) is 0 Å². The summed E-state index contributed by atoms with van der Waals surface area (Å²) in [7, 11) is 1.44. The number of carbonyl (C=O) groups is 5. The first kappa shape index (κ1) is 33.3. The number of phenols is 1. The molecule has 0 spiro atoms. The van der Waals surface area contributed by atoms with Crippen LogP contribution in [0.4, 0.5) is 5.69 Å². The normalized spacial score (nSPS) is 27.5. The second-order valence-corrected chi connectivity index (χ2v) is 14.6. The number of allylic oxidation sites excluding steroid dienone is 2. The van der Waals surface area contributed by atoms with Gasteiger partial charge in [-0.2, -0.15) is 0 Å². The van der Waals surface area contributed by atoms with E-state index < -0.39 is 52.8 Å². The van der Waals surface area contributed by atoms with Crippen molar-refractivity contribution in [3.63, 3.8) is 0 Å². The first-order chi connectivity index (χ1) is 23.5. The summed E-state index contributed by atoms with van der Waals surface area (Å²) in [6.45, 7) is -0.00680. The van der Waals surface area contributed by atoms with Gasteiger partial charge in [0.05, 0.1) is 39.5 Å². The minimum Gasteiger partial charge on any atom is -0.504 e. The Balaban J connectivity index is 1.45. The fourth-order valence-electron chi connectivity index (χ4n) is 8.71. The molecule has 49 heavy (non-hydrogen) atoms. The number of carboxylic acids is 1. The lowest BCUT2D eigenvalue weighted by atomic mass is 9.49. The fraction of sp³-hybridized carbons (Fsp3) is 0.324. The average Bonchev–Trinajstić information content (AvgIpc) is 3.46. The van der Waals surface area contributed by atoms with Crippen LogP contribution >= 0.6 is 34.2 Å². The Hall–Kier alpha value is -4.23. The van der Waals surface area contributed by atoms with Crippen LogP contribution < -0.4 is 9.64 Å². The number of rotatable bonds is 8. The summed E-state index contributed by atoms with van der Waals surface area (Å²) in [4.78, 5) is 71.5. The summed E-state index contributed by atoms with van der Waals surface area (Å²) >= 11 is 8.37. The van der Waals surface area contributed by atoms with Gasteiger partial charge in [0.25, 0.3) is 0 Å². The third kappa shape index (κ3) is 5.07. The van der Waals surface area contributed by atoms with Gasteiger partial charge in [-0.25, -0.2) is 4.90 Å². The summed E-state index contributed by atoms with van der Waals surface area (Å²) in [6, 6.07) is 19.2. The largest absolute Gasteiger partial charge is 0.504 e. The van der Waals surface area contributed by atoms with E-state index in [1.165, 1.54) is 16.9 Å². The molecular weight excluding hydrogens is 763 g/mol. The minimum atomic E-state index is -1.46. The molecule has 2 aliphatic carbocycles. The lowest BCUT2D eigenvalue weighted by molar-refractivity contribution is -0.142. The summed E-state index contributed by atoms with van der Waals surface area (Å²) in [5, 5.41) is 20.4. The van der Waals surface area contributed by atoms with Gasteiger partial charge in [-0.3, -0.25) is 28.9 Å². The number of halogens is 2. The molecule has 252 valence electrons. The summed E-state index contributed by atoms with van der Waals surface area (Å²) in [5.74, 6) is -6.22. The van der Waals surface area contributed by atoms with E-state index in [4.69, 9.17) is 21.4 Å². The van der Waals surface area contributed by atoms with Crippen molar-refractivity contribution in [1.29, 1.82) is 0 Å². The highest BCUT2D eigenvalue weighted by Crippen LogP contribution is 2.65. The Morgan fingerprint density at radius 1 is 1.00 bits per heavy atom. The summed E-state index contributed by atoms with van der Waals surface area (Å²) in [5.41, 5.74) is 0.878. The molecule has 3 fully saturated rings. The van der Waals surface area contributed by atoms with Crippen molar-refractivity contribution in [3.05, 3.63) is 98.1 Å². The SMILES string of the molecule is COc1cc(C2C3=CCC4C(=O)N(CCCC(=O)O)C(=O)C4C3CC3C(=O)N(c4cccc(Cl)c4)C(=O)C32c2ccccc2)cc(I)c1O. The molecule has 2 heterocycles. The molecule has 4 amide bonds. The monoisotopic (exact) mass is 794 g/mol. The number of imide groups is 2. The van der Waals surface area contributed by atoms with Crippen molar-refractivity contribution in [2.45, 2.75) is 37.0 Å². The number of carbonyl (C=O) groups excluding carboxylic acids is 4. The molecule has 2 N–H and O–H groups in total. The Kier molecular flexibility index (Phi) is 8.54. The van der Waals surface area contributed by atoms with Crippen LogP contribution in [0.1, 0.15) is 42.7 Å². The fourth-order valence-corrected chi connectivity index (χ4v) is 9.52. The number of benzene rings is 3. The van der Waals surface area contributed by atoms with Crippen molar-refractivity contribution in [2.75, 3.05) is 18.6 Å². The number of phenolic OH excluding ortho intramolecular Hbond substituents is 1. The number of nitrogens with zero attached hydrogens (tertiary/aromatic N) is 2. The number of methoxy groups -OCH3 is 1. The number of amides is 4. The van der Waals surface area contributed by atoms with E-state index >= 15 is 4.79 Å². The molecule has 3 aromatic rings. The van der Waals surface area contributed by atoms with Crippen LogP contribution in [0.15, 0.2) is 78.4 Å². The van der Waals surface area contributed by atoms with Gasteiger partial charge in [0.2, 0.25) is 23.6 Å². The van der Waals surface area contributed by atoms with Crippen molar-refractivity contribution in [1.82, 2.24) is 4.90 Å². The number of aromatic hydroxyl groups is 1. The van der Waals surface area contributed by atoms with Gasteiger partial charge in [0, 0.05) is 23.9 Å². The second-order valence-electron chi connectivity index (χ2n) is 13.0. The molecule has 2 aliphatic heterocycles. The zero-order chi connectivity index (χ0) is 34.8. The number of aliphatic carboxylic acids is 1. The molecule has 4 aliphatic rings. The van der Waals surface area contributed by atoms with Crippen LogP contribution in [0.2, 0.25) is 5.02 Å². The molecule has 0 aromatic heterocycles. The molecule has 12 heteroatoms. The van der Waals surface area contributed by atoms with Gasteiger partial charge in [0.1, 0.15) is 0 Å². The Morgan fingerprint density at radius 3 is 2.45 bits per heavy atom. The highest BCUT2D eigenvalue weighted by atomic mass is 127. The third-order valence-corrected chi connectivity index (χ3v) is 11.7. The van der Waals surface area contributed by atoms with E-state index in [1.54, 1.807) is 36.4 Å². The number of ether oxygens (including phenoxy) is 1. The highest BCUT2D eigenvalue weighted by Gasteiger charge is 2.70. The van der Waals surface area contributed by atoms with Crippen LogP contribution in [0.5, 0.6) is 11.5 Å². The molecule has 10 nitrogen and oxygen atoms in total. The maximum atomic E-state index is 15.3. The average molecular weight is 795 g/mol.